The molecule has 4 nitrogen and oxygen atoms in total. The molecular weight excluding hydrogens is 247 g/mol. The number of carbonyl (C=O) groups excluding carboxylic acids is 1. The fourth-order valence-corrected chi connectivity index (χ4v) is 1.71. The molecule has 2 N–H and O–H groups in total. The number of benzene rings is 1. The summed E-state index contributed by atoms with van der Waals surface area (Å²) in [4.78, 5) is 16.2. The minimum absolute atomic E-state index is 0.0152. The van der Waals surface area contributed by atoms with Gasteiger partial charge in [-0.25, -0.2) is 4.39 Å². The summed E-state index contributed by atoms with van der Waals surface area (Å²) < 4.78 is 12.8. The van der Waals surface area contributed by atoms with E-state index in [9.17, 15) is 14.3 Å². The second-order valence-corrected chi connectivity index (χ2v) is 4.20. The average Bonchev–Trinajstić information content (AvgIpc) is 2.32. The number of nitrogens with zero attached hydrogens (tertiary/aromatic N) is 1. The molecule has 2 rings (SSSR count). The summed E-state index contributed by atoms with van der Waals surface area (Å²) in [5.74, 6) is -1.50. The van der Waals surface area contributed by atoms with Crippen LogP contribution in [0.5, 0.6) is 5.75 Å². The lowest BCUT2D eigenvalue weighted by Crippen LogP contribution is -2.13. The molecule has 1 heterocycles. The first-order valence-electron chi connectivity index (χ1n) is 5.71. The number of phenolic OH excluding ortho intramolecular Hbond substituents is 1. The van der Waals surface area contributed by atoms with E-state index in [1.807, 2.05) is 6.92 Å². The monoisotopic (exact) mass is 260 g/mol. The minimum atomic E-state index is -0.595. The molecule has 0 aliphatic carbocycles. The molecule has 0 fully saturated rings. The van der Waals surface area contributed by atoms with Gasteiger partial charge in [-0.2, -0.15) is 0 Å². The first kappa shape index (κ1) is 13.0. The van der Waals surface area contributed by atoms with Gasteiger partial charge in [0, 0.05) is 11.8 Å². The quantitative estimate of drug-likeness (QED) is 0.872. The molecule has 5 heteroatoms. The van der Waals surface area contributed by atoms with Crippen molar-refractivity contribution in [2.75, 3.05) is 5.32 Å². The third kappa shape index (κ3) is 2.88. The standard InChI is InChI=1S/C14H13FN2O2/c1-8-3-6-12(9(2)16-8)17-14(19)11-5-4-10(15)7-13(11)18/h3-7,18H,1-2H3,(H,17,19). The van der Waals surface area contributed by atoms with Crippen LogP contribution in [0, 0.1) is 19.7 Å². The third-order valence-corrected chi connectivity index (χ3v) is 2.68. The Morgan fingerprint density at radius 2 is 2.00 bits per heavy atom. The second kappa shape index (κ2) is 5.06. The number of hydrogen-bond donors (Lipinski definition) is 2. The summed E-state index contributed by atoms with van der Waals surface area (Å²) in [5, 5.41) is 12.2. The molecule has 1 aromatic carbocycles. The number of phenols is 1. The van der Waals surface area contributed by atoms with E-state index in [4.69, 9.17) is 0 Å². The summed E-state index contributed by atoms with van der Waals surface area (Å²) in [6.45, 7) is 3.62. The smallest absolute Gasteiger partial charge is 0.259 e. The summed E-state index contributed by atoms with van der Waals surface area (Å²) in [7, 11) is 0. The number of halogens is 1. The van der Waals surface area contributed by atoms with Crippen LogP contribution in [-0.2, 0) is 0 Å². The number of carbonyl (C=O) groups is 1. The Balaban J connectivity index is 2.25. The lowest BCUT2D eigenvalue weighted by Gasteiger charge is -2.09. The van der Waals surface area contributed by atoms with Crippen molar-refractivity contribution in [1.82, 2.24) is 4.98 Å². The average molecular weight is 260 g/mol. The first-order chi connectivity index (χ1) is 8.97. The molecule has 0 spiro atoms. The van der Waals surface area contributed by atoms with Gasteiger partial charge in [0.15, 0.2) is 0 Å². The molecule has 0 aliphatic rings. The lowest BCUT2D eigenvalue weighted by atomic mass is 10.1. The van der Waals surface area contributed by atoms with Crippen molar-refractivity contribution in [2.45, 2.75) is 13.8 Å². The summed E-state index contributed by atoms with van der Waals surface area (Å²) in [6, 6.07) is 6.75. The SMILES string of the molecule is Cc1ccc(NC(=O)c2ccc(F)cc2O)c(C)n1. The van der Waals surface area contributed by atoms with Gasteiger partial charge in [-0.3, -0.25) is 9.78 Å². The zero-order valence-electron chi connectivity index (χ0n) is 10.6. The predicted octanol–water partition coefficient (Wildman–Crippen LogP) is 2.80. The minimum Gasteiger partial charge on any atom is -0.507 e. The van der Waals surface area contributed by atoms with E-state index in [1.165, 1.54) is 6.07 Å². The molecule has 0 bridgehead atoms. The van der Waals surface area contributed by atoms with Crippen molar-refractivity contribution in [3.63, 3.8) is 0 Å². The van der Waals surface area contributed by atoms with Crippen molar-refractivity contribution >= 4 is 11.6 Å². The van der Waals surface area contributed by atoms with Gasteiger partial charge in [-0.1, -0.05) is 0 Å². The topological polar surface area (TPSA) is 62.2 Å². The van der Waals surface area contributed by atoms with Gasteiger partial charge in [-0.05, 0) is 38.1 Å². The Labute approximate surface area is 109 Å². The number of aryl methyl sites for hydroxylation is 2. The van der Waals surface area contributed by atoms with Gasteiger partial charge in [0.25, 0.3) is 5.91 Å². The molecule has 19 heavy (non-hydrogen) atoms. The Hall–Kier alpha value is -2.43. The summed E-state index contributed by atoms with van der Waals surface area (Å²) in [6.07, 6.45) is 0. The van der Waals surface area contributed by atoms with Crippen molar-refractivity contribution < 1.29 is 14.3 Å². The molecule has 2 aromatic rings. The highest BCUT2D eigenvalue weighted by molar-refractivity contribution is 6.06. The molecule has 0 atom stereocenters. The lowest BCUT2D eigenvalue weighted by molar-refractivity contribution is 0.102. The predicted molar refractivity (Wildman–Crippen MR) is 69.7 cm³/mol. The van der Waals surface area contributed by atoms with Crippen LogP contribution in [0.2, 0.25) is 0 Å². The number of aromatic nitrogens is 1. The second-order valence-electron chi connectivity index (χ2n) is 4.20. The maximum absolute atomic E-state index is 12.8. The molecule has 1 aromatic heterocycles. The third-order valence-electron chi connectivity index (χ3n) is 2.68. The number of pyridine rings is 1. The Bertz CT molecular complexity index is 641. The van der Waals surface area contributed by atoms with Crippen LogP contribution < -0.4 is 5.32 Å². The maximum atomic E-state index is 12.8. The van der Waals surface area contributed by atoms with Crippen LogP contribution in [0.4, 0.5) is 10.1 Å². The van der Waals surface area contributed by atoms with E-state index in [0.717, 1.165) is 17.8 Å². The highest BCUT2D eigenvalue weighted by atomic mass is 19.1. The van der Waals surface area contributed by atoms with Crippen molar-refractivity contribution in [1.29, 1.82) is 0 Å². The molecule has 98 valence electrons. The van der Waals surface area contributed by atoms with E-state index >= 15 is 0 Å². The van der Waals surface area contributed by atoms with Crippen LogP contribution in [-0.4, -0.2) is 16.0 Å². The van der Waals surface area contributed by atoms with Gasteiger partial charge in [-0.15, -0.1) is 0 Å². The van der Waals surface area contributed by atoms with Gasteiger partial charge in [0.05, 0.1) is 16.9 Å². The van der Waals surface area contributed by atoms with Gasteiger partial charge in [0.1, 0.15) is 11.6 Å². The molecule has 0 saturated heterocycles. The van der Waals surface area contributed by atoms with Crippen LogP contribution in [0.25, 0.3) is 0 Å². The van der Waals surface area contributed by atoms with Gasteiger partial charge >= 0.3 is 0 Å². The maximum Gasteiger partial charge on any atom is 0.259 e. The van der Waals surface area contributed by atoms with E-state index in [2.05, 4.69) is 10.3 Å². The highest BCUT2D eigenvalue weighted by Gasteiger charge is 2.13. The van der Waals surface area contributed by atoms with Crippen molar-refractivity contribution in [3.8, 4) is 5.75 Å². The molecule has 1 amide bonds. The Morgan fingerprint density at radius 3 is 2.63 bits per heavy atom. The van der Waals surface area contributed by atoms with Crippen LogP contribution >= 0.6 is 0 Å². The van der Waals surface area contributed by atoms with Crippen molar-refractivity contribution in [2.24, 2.45) is 0 Å². The first-order valence-corrected chi connectivity index (χ1v) is 5.71. The summed E-state index contributed by atoms with van der Waals surface area (Å²) in [5.41, 5.74) is 2.09. The van der Waals surface area contributed by atoms with Crippen LogP contribution in [0.15, 0.2) is 30.3 Å². The fraction of sp³-hybridized carbons (Fsp3) is 0.143. The highest BCUT2D eigenvalue weighted by Crippen LogP contribution is 2.20. The van der Waals surface area contributed by atoms with Gasteiger partial charge < -0.3 is 10.4 Å². The number of aromatic hydroxyl groups is 1. The number of hydrogen-bond acceptors (Lipinski definition) is 3. The van der Waals surface area contributed by atoms with Crippen LogP contribution in [0.3, 0.4) is 0 Å². The molecular formula is C14H13FN2O2. The zero-order valence-corrected chi connectivity index (χ0v) is 10.6. The number of nitrogens with one attached hydrogen (secondary N) is 1. The van der Waals surface area contributed by atoms with Crippen LogP contribution in [0.1, 0.15) is 21.7 Å². The normalized spacial score (nSPS) is 10.3. The molecule has 0 saturated carbocycles. The van der Waals surface area contributed by atoms with E-state index < -0.39 is 17.5 Å². The van der Waals surface area contributed by atoms with E-state index in [-0.39, 0.29) is 5.56 Å². The number of anilines is 1. The number of amides is 1. The van der Waals surface area contributed by atoms with E-state index in [1.54, 1.807) is 19.1 Å². The fourth-order valence-electron chi connectivity index (χ4n) is 1.71. The van der Waals surface area contributed by atoms with Crippen molar-refractivity contribution in [3.05, 3.63) is 53.1 Å². The Morgan fingerprint density at radius 1 is 1.26 bits per heavy atom. The molecule has 0 unspecified atom stereocenters. The molecule has 0 radical (unpaired) electrons. The number of rotatable bonds is 2. The largest absolute Gasteiger partial charge is 0.507 e. The Kier molecular flexibility index (Phi) is 3.46. The molecule has 0 aliphatic heterocycles. The van der Waals surface area contributed by atoms with Gasteiger partial charge in [0.2, 0.25) is 0 Å². The zero-order chi connectivity index (χ0) is 14.0. The van der Waals surface area contributed by atoms with E-state index in [0.29, 0.717) is 11.4 Å². The summed E-state index contributed by atoms with van der Waals surface area (Å²) >= 11 is 0.